The number of carbonyl (C=O) groups excluding carboxylic acids is 1. The summed E-state index contributed by atoms with van der Waals surface area (Å²) in [6.45, 7) is 2.34. The van der Waals surface area contributed by atoms with Gasteiger partial charge in [0.25, 0.3) is 0 Å². The first-order valence-electron chi connectivity index (χ1n) is 5.83. The van der Waals surface area contributed by atoms with Crippen LogP contribution in [-0.2, 0) is 4.79 Å². The van der Waals surface area contributed by atoms with Gasteiger partial charge in [-0.05, 0) is 24.6 Å². The molecule has 0 radical (unpaired) electrons. The van der Waals surface area contributed by atoms with Crippen molar-refractivity contribution >= 4 is 11.6 Å². The zero-order valence-corrected chi connectivity index (χ0v) is 10.3. The summed E-state index contributed by atoms with van der Waals surface area (Å²) < 4.78 is 13.1. The molecule has 1 atom stereocenters. The van der Waals surface area contributed by atoms with Crippen LogP contribution in [0.1, 0.15) is 19.8 Å². The summed E-state index contributed by atoms with van der Waals surface area (Å²) in [7, 11) is 1.65. The average molecular weight is 238 g/mol. The van der Waals surface area contributed by atoms with E-state index in [1.807, 2.05) is 6.92 Å². The number of hydrogen-bond donors (Lipinski definition) is 1. The lowest BCUT2D eigenvalue weighted by Gasteiger charge is -2.22. The van der Waals surface area contributed by atoms with Crippen LogP contribution in [0.4, 0.5) is 10.1 Å². The van der Waals surface area contributed by atoms with Gasteiger partial charge in [-0.15, -0.1) is 0 Å². The van der Waals surface area contributed by atoms with Crippen LogP contribution >= 0.6 is 0 Å². The standard InChI is InChI=1S/C13H19FN2O/c1-3-5-10(9-15)13(17)16(2)12-7-4-6-11(14)8-12/h4,6-8,10H,3,5,9,15H2,1-2H3. The molecule has 0 fully saturated rings. The third-order valence-electron chi connectivity index (χ3n) is 2.80. The topological polar surface area (TPSA) is 46.3 Å². The number of rotatable bonds is 5. The fourth-order valence-corrected chi connectivity index (χ4v) is 1.78. The van der Waals surface area contributed by atoms with Crippen molar-refractivity contribution in [1.82, 2.24) is 0 Å². The Kier molecular flexibility index (Phi) is 5.10. The van der Waals surface area contributed by atoms with E-state index in [2.05, 4.69) is 0 Å². The number of amides is 1. The van der Waals surface area contributed by atoms with Crippen molar-refractivity contribution in [3.05, 3.63) is 30.1 Å². The Balaban J connectivity index is 2.81. The normalized spacial score (nSPS) is 12.2. The summed E-state index contributed by atoms with van der Waals surface area (Å²) in [4.78, 5) is 13.6. The molecule has 1 aromatic rings. The number of anilines is 1. The van der Waals surface area contributed by atoms with E-state index in [4.69, 9.17) is 5.73 Å². The van der Waals surface area contributed by atoms with E-state index in [9.17, 15) is 9.18 Å². The second-order valence-corrected chi connectivity index (χ2v) is 4.10. The highest BCUT2D eigenvalue weighted by Crippen LogP contribution is 2.17. The molecule has 1 rings (SSSR count). The smallest absolute Gasteiger partial charge is 0.231 e. The highest BCUT2D eigenvalue weighted by atomic mass is 19.1. The molecule has 0 aliphatic rings. The molecule has 4 heteroatoms. The predicted octanol–water partition coefficient (Wildman–Crippen LogP) is 2.16. The maximum atomic E-state index is 13.1. The summed E-state index contributed by atoms with van der Waals surface area (Å²) in [6, 6.07) is 6.00. The molecule has 1 amide bonds. The van der Waals surface area contributed by atoms with Crippen LogP contribution in [-0.4, -0.2) is 19.5 Å². The van der Waals surface area contributed by atoms with Crippen LogP contribution in [0.3, 0.4) is 0 Å². The Morgan fingerprint density at radius 1 is 1.53 bits per heavy atom. The molecule has 1 unspecified atom stereocenters. The molecule has 0 heterocycles. The number of halogens is 1. The Labute approximate surface area is 101 Å². The molecular weight excluding hydrogens is 219 g/mol. The van der Waals surface area contributed by atoms with Gasteiger partial charge in [-0.1, -0.05) is 19.4 Å². The van der Waals surface area contributed by atoms with E-state index in [0.717, 1.165) is 12.8 Å². The van der Waals surface area contributed by atoms with Gasteiger partial charge < -0.3 is 10.6 Å². The summed E-state index contributed by atoms with van der Waals surface area (Å²) in [5.74, 6) is -0.588. The van der Waals surface area contributed by atoms with Crippen molar-refractivity contribution < 1.29 is 9.18 Å². The van der Waals surface area contributed by atoms with Crippen molar-refractivity contribution in [3.8, 4) is 0 Å². The maximum absolute atomic E-state index is 13.1. The summed E-state index contributed by atoms with van der Waals surface area (Å²) in [6.07, 6.45) is 1.67. The lowest BCUT2D eigenvalue weighted by Crippen LogP contribution is -2.36. The van der Waals surface area contributed by atoms with Crippen molar-refractivity contribution in [3.63, 3.8) is 0 Å². The number of carbonyl (C=O) groups is 1. The Morgan fingerprint density at radius 3 is 2.76 bits per heavy atom. The molecule has 3 nitrogen and oxygen atoms in total. The summed E-state index contributed by atoms with van der Waals surface area (Å²) >= 11 is 0. The maximum Gasteiger partial charge on any atom is 0.231 e. The minimum atomic E-state index is -0.345. The monoisotopic (exact) mass is 238 g/mol. The third-order valence-corrected chi connectivity index (χ3v) is 2.80. The molecule has 0 bridgehead atoms. The van der Waals surface area contributed by atoms with Crippen LogP contribution in [0.5, 0.6) is 0 Å². The van der Waals surface area contributed by atoms with Crippen molar-refractivity contribution in [2.24, 2.45) is 11.7 Å². The third kappa shape index (κ3) is 3.53. The van der Waals surface area contributed by atoms with E-state index >= 15 is 0 Å². The first-order chi connectivity index (χ1) is 8.10. The number of nitrogens with two attached hydrogens (primary N) is 1. The van der Waals surface area contributed by atoms with Crippen LogP contribution in [0.2, 0.25) is 0 Å². The van der Waals surface area contributed by atoms with Crippen LogP contribution in [0.15, 0.2) is 24.3 Å². The Bertz CT molecular complexity index is 381. The summed E-state index contributed by atoms with van der Waals surface area (Å²) in [5.41, 5.74) is 6.14. The molecule has 94 valence electrons. The predicted molar refractivity (Wildman–Crippen MR) is 67.3 cm³/mol. The van der Waals surface area contributed by atoms with E-state index in [-0.39, 0.29) is 17.6 Å². The highest BCUT2D eigenvalue weighted by molar-refractivity contribution is 5.94. The molecule has 1 aromatic carbocycles. The van der Waals surface area contributed by atoms with E-state index in [1.54, 1.807) is 19.2 Å². The van der Waals surface area contributed by atoms with E-state index < -0.39 is 0 Å². The molecule has 2 N–H and O–H groups in total. The lowest BCUT2D eigenvalue weighted by molar-refractivity contribution is -0.122. The highest BCUT2D eigenvalue weighted by Gasteiger charge is 2.20. The van der Waals surface area contributed by atoms with Crippen molar-refractivity contribution in [2.75, 3.05) is 18.5 Å². The lowest BCUT2D eigenvalue weighted by atomic mass is 10.0. The molecule has 17 heavy (non-hydrogen) atoms. The van der Waals surface area contributed by atoms with Gasteiger partial charge >= 0.3 is 0 Å². The van der Waals surface area contributed by atoms with Gasteiger partial charge in [-0.2, -0.15) is 0 Å². The van der Waals surface area contributed by atoms with Crippen LogP contribution in [0, 0.1) is 11.7 Å². The van der Waals surface area contributed by atoms with Crippen LogP contribution < -0.4 is 10.6 Å². The number of hydrogen-bond acceptors (Lipinski definition) is 2. The zero-order valence-electron chi connectivity index (χ0n) is 10.3. The summed E-state index contributed by atoms with van der Waals surface area (Å²) in [5, 5.41) is 0. The zero-order chi connectivity index (χ0) is 12.8. The molecule has 0 aliphatic heterocycles. The number of benzene rings is 1. The van der Waals surface area contributed by atoms with E-state index in [1.165, 1.54) is 17.0 Å². The minimum Gasteiger partial charge on any atom is -0.330 e. The quantitative estimate of drug-likeness (QED) is 0.854. The van der Waals surface area contributed by atoms with Crippen LogP contribution in [0.25, 0.3) is 0 Å². The van der Waals surface area contributed by atoms with Gasteiger partial charge in [-0.3, -0.25) is 4.79 Å². The molecule has 0 aliphatic carbocycles. The average Bonchev–Trinajstić information content (AvgIpc) is 2.34. The number of nitrogens with zero attached hydrogens (tertiary/aromatic N) is 1. The van der Waals surface area contributed by atoms with E-state index in [0.29, 0.717) is 12.2 Å². The van der Waals surface area contributed by atoms with Crippen molar-refractivity contribution in [1.29, 1.82) is 0 Å². The largest absolute Gasteiger partial charge is 0.330 e. The second kappa shape index (κ2) is 6.35. The van der Waals surface area contributed by atoms with Crippen molar-refractivity contribution in [2.45, 2.75) is 19.8 Å². The molecule has 0 saturated heterocycles. The molecular formula is C13H19FN2O. The van der Waals surface area contributed by atoms with Gasteiger partial charge in [0.2, 0.25) is 5.91 Å². The van der Waals surface area contributed by atoms with Gasteiger partial charge in [0.1, 0.15) is 5.82 Å². The van der Waals surface area contributed by atoms with Gasteiger partial charge in [0.15, 0.2) is 0 Å². The first kappa shape index (κ1) is 13.6. The van der Waals surface area contributed by atoms with Gasteiger partial charge in [0, 0.05) is 19.3 Å². The fourth-order valence-electron chi connectivity index (χ4n) is 1.78. The Morgan fingerprint density at radius 2 is 2.24 bits per heavy atom. The first-order valence-corrected chi connectivity index (χ1v) is 5.83. The Hall–Kier alpha value is -1.42. The molecule has 0 aromatic heterocycles. The SMILES string of the molecule is CCCC(CN)C(=O)N(C)c1cccc(F)c1. The second-order valence-electron chi connectivity index (χ2n) is 4.10. The van der Waals surface area contributed by atoms with Gasteiger partial charge in [-0.25, -0.2) is 4.39 Å². The molecule has 0 spiro atoms. The molecule has 0 saturated carbocycles. The fraction of sp³-hybridized carbons (Fsp3) is 0.462. The van der Waals surface area contributed by atoms with Gasteiger partial charge in [0.05, 0.1) is 5.92 Å². The minimum absolute atomic E-state index is 0.0556.